The fourth-order valence-electron chi connectivity index (χ4n) is 3.51. The van der Waals surface area contributed by atoms with Crippen LogP contribution in [0.5, 0.6) is 5.75 Å². The molecule has 0 spiro atoms. The molecule has 0 fully saturated rings. The molecule has 4 heteroatoms. The van der Waals surface area contributed by atoms with Gasteiger partial charge in [-0.1, -0.05) is 24.3 Å². The first-order valence-electron chi connectivity index (χ1n) is 8.47. The van der Waals surface area contributed by atoms with Gasteiger partial charge in [0.25, 0.3) is 5.91 Å². The summed E-state index contributed by atoms with van der Waals surface area (Å²) in [5, 5.41) is 3.91. The van der Waals surface area contributed by atoms with E-state index in [1.807, 2.05) is 31.2 Å². The van der Waals surface area contributed by atoms with Gasteiger partial charge in [0.05, 0.1) is 18.2 Å². The van der Waals surface area contributed by atoms with E-state index < -0.39 is 0 Å². The summed E-state index contributed by atoms with van der Waals surface area (Å²) >= 11 is 0. The molecule has 1 aromatic heterocycles. The third kappa shape index (κ3) is 2.84. The number of benzene rings is 2. The minimum atomic E-state index is -0.0619. The number of hydrogen-bond donors (Lipinski definition) is 1. The fourth-order valence-corrected chi connectivity index (χ4v) is 3.51. The molecule has 0 saturated carbocycles. The van der Waals surface area contributed by atoms with Crippen LogP contribution in [0, 0.1) is 6.92 Å². The number of aromatic nitrogens is 1. The molecule has 0 bridgehead atoms. The molecule has 0 radical (unpaired) electrons. The van der Waals surface area contributed by atoms with Crippen molar-refractivity contribution in [3.05, 3.63) is 70.9 Å². The Morgan fingerprint density at radius 3 is 2.88 bits per heavy atom. The fraction of sp³-hybridized carbons (Fsp3) is 0.238. The van der Waals surface area contributed by atoms with Gasteiger partial charge >= 0.3 is 0 Å². The summed E-state index contributed by atoms with van der Waals surface area (Å²) in [5.74, 6) is 1.07. The molecule has 126 valence electrons. The van der Waals surface area contributed by atoms with Crippen LogP contribution in [0.1, 0.15) is 33.1 Å². The van der Waals surface area contributed by atoms with Crippen molar-refractivity contribution in [2.24, 2.45) is 0 Å². The van der Waals surface area contributed by atoms with E-state index in [0.29, 0.717) is 18.0 Å². The number of rotatable bonds is 4. The van der Waals surface area contributed by atoms with Crippen LogP contribution < -0.4 is 10.1 Å². The molecule has 1 aliphatic carbocycles. The zero-order chi connectivity index (χ0) is 17.4. The lowest BCUT2D eigenvalue weighted by Crippen LogP contribution is -2.33. The highest BCUT2D eigenvalue weighted by Crippen LogP contribution is 2.34. The maximum absolute atomic E-state index is 12.8. The molecule has 0 aliphatic heterocycles. The number of nitrogens with zero attached hydrogens (tertiary/aromatic N) is 1. The number of carbonyl (C=O) groups excluding carboxylic acids is 1. The average molecular weight is 332 g/mol. The van der Waals surface area contributed by atoms with E-state index in [1.165, 1.54) is 11.1 Å². The van der Waals surface area contributed by atoms with Gasteiger partial charge in [0.1, 0.15) is 5.75 Å². The maximum Gasteiger partial charge on any atom is 0.252 e. The zero-order valence-corrected chi connectivity index (χ0v) is 14.4. The van der Waals surface area contributed by atoms with Crippen molar-refractivity contribution in [3.63, 3.8) is 0 Å². The highest BCUT2D eigenvalue weighted by molar-refractivity contribution is 6.06. The molecule has 1 N–H and O–H groups in total. The van der Waals surface area contributed by atoms with Gasteiger partial charge < -0.3 is 10.1 Å². The third-order valence-electron chi connectivity index (χ3n) is 4.86. The highest BCUT2D eigenvalue weighted by atomic mass is 16.5. The van der Waals surface area contributed by atoms with E-state index in [4.69, 9.17) is 4.74 Å². The van der Waals surface area contributed by atoms with Crippen LogP contribution in [0.2, 0.25) is 0 Å². The van der Waals surface area contributed by atoms with Gasteiger partial charge in [-0.05, 0) is 48.7 Å². The Bertz CT molecular complexity index is 965. The molecule has 4 nitrogen and oxygen atoms in total. The summed E-state index contributed by atoms with van der Waals surface area (Å²) in [6.45, 7) is 2.56. The van der Waals surface area contributed by atoms with Crippen molar-refractivity contribution < 1.29 is 9.53 Å². The van der Waals surface area contributed by atoms with E-state index in [-0.39, 0.29) is 5.91 Å². The highest BCUT2D eigenvalue weighted by Gasteiger charge is 2.26. The number of pyridine rings is 1. The van der Waals surface area contributed by atoms with Crippen LogP contribution in [-0.4, -0.2) is 24.5 Å². The monoisotopic (exact) mass is 332 g/mol. The molecule has 1 aliphatic rings. The van der Waals surface area contributed by atoms with Crippen LogP contribution in [0.3, 0.4) is 0 Å². The van der Waals surface area contributed by atoms with Gasteiger partial charge in [-0.25, -0.2) is 0 Å². The maximum atomic E-state index is 12.8. The number of fused-ring (bicyclic) bond motifs is 2. The van der Waals surface area contributed by atoms with E-state index in [9.17, 15) is 4.79 Å². The lowest BCUT2D eigenvalue weighted by atomic mass is 9.77. The molecule has 4 rings (SSSR count). The number of amides is 1. The normalized spacial score (nSPS) is 15.4. The number of aryl methyl sites for hydroxylation is 1. The molecule has 25 heavy (non-hydrogen) atoms. The van der Waals surface area contributed by atoms with Crippen LogP contribution in [0.15, 0.2) is 48.5 Å². The van der Waals surface area contributed by atoms with Crippen LogP contribution in [-0.2, 0) is 6.42 Å². The zero-order valence-electron chi connectivity index (χ0n) is 14.4. The molecule has 1 atom stereocenters. The Morgan fingerprint density at radius 2 is 2.08 bits per heavy atom. The summed E-state index contributed by atoms with van der Waals surface area (Å²) in [5.41, 5.74) is 5.02. The second-order valence-electron chi connectivity index (χ2n) is 6.50. The second kappa shape index (κ2) is 6.20. The number of methoxy groups -OCH3 is 1. The van der Waals surface area contributed by atoms with Crippen molar-refractivity contribution in [2.45, 2.75) is 19.3 Å². The predicted octanol–water partition coefficient (Wildman–Crippen LogP) is 3.62. The van der Waals surface area contributed by atoms with Crippen molar-refractivity contribution in [2.75, 3.05) is 13.7 Å². The van der Waals surface area contributed by atoms with E-state index in [2.05, 4.69) is 34.6 Å². The minimum Gasteiger partial charge on any atom is -0.497 e. The van der Waals surface area contributed by atoms with Gasteiger partial charge in [-0.2, -0.15) is 0 Å². The average Bonchev–Trinajstić information content (AvgIpc) is 2.61. The summed E-state index contributed by atoms with van der Waals surface area (Å²) in [4.78, 5) is 17.3. The Kier molecular flexibility index (Phi) is 3.88. The SMILES string of the molecule is COc1ccc2nc(C)cc(C(=O)NC[C@@H]3Cc4ccccc43)c2c1. The Hall–Kier alpha value is -2.88. The predicted molar refractivity (Wildman–Crippen MR) is 98.3 cm³/mol. The largest absolute Gasteiger partial charge is 0.497 e. The smallest absolute Gasteiger partial charge is 0.252 e. The Morgan fingerprint density at radius 1 is 1.24 bits per heavy atom. The van der Waals surface area contributed by atoms with Crippen LogP contribution in [0.25, 0.3) is 10.9 Å². The molecular weight excluding hydrogens is 312 g/mol. The van der Waals surface area contributed by atoms with E-state index in [0.717, 1.165) is 28.8 Å². The van der Waals surface area contributed by atoms with E-state index >= 15 is 0 Å². The Balaban J connectivity index is 1.58. The molecule has 2 aromatic carbocycles. The van der Waals surface area contributed by atoms with Crippen molar-refractivity contribution in [1.29, 1.82) is 0 Å². The lowest BCUT2D eigenvalue weighted by Gasteiger charge is -2.30. The molecule has 0 unspecified atom stereocenters. The molecule has 3 aromatic rings. The quantitative estimate of drug-likeness (QED) is 0.794. The number of ether oxygens (including phenoxy) is 1. The summed E-state index contributed by atoms with van der Waals surface area (Å²) in [6.07, 6.45) is 1.03. The first kappa shape index (κ1) is 15.6. The molecule has 0 saturated heterocycles. The van der Waals surface area contributed by atoms with Gasteiger partial charge in [0.2, 0.25) is 0 Å². The van der Waals surface area contributed by atoms with Crippen LogP contribution in [0.4, 0.5) is 0 Å². The summed E-state index contributed by atoms with van der Waals surface area (Å²) in [7, 11) is 1.62. The molecule has 1 amide bonds. The van der Waals surface area contributed by atoms with Gasteiger partial charge in [0.15, 0.2) is 0 Å². The van der Waals surface area contributed by atoms with E-state index in [1.54, 1.807) is 7.11 Å². The lowest BCUT2D eigenvalue weighted by molar-refractivity contribution is 0.0951. The first-order chi connectivity index (χ1) is 12.2. The van der Waals surface area contributed by atoms with Crippen LogP contribution >= 0.6 is 0 Å². The standard InChI is InChI=1S/C21H20N2O2/c1-13-9-19(18-11-16(25-2)7-8-20(18)23-13)21(24)22-12-15-10-14-5-3-4-6-17(14)15/h3-9,11,15H,10,12H2,1-2H3,(H,22,24)/t15-/m0/s1. The topological polar surface area (TPSA) is 51.2 Å². The van der Waals surface area contributed by atoms with Gasteiger partial charge in [-0.3, -0.25) is 9.78 Å². The van der Waals surface area contributed by atoms with Crippen molar-refractivity contribution in [3.8, 4) is 5.75 Å². The second-order valence-corrected chi connectivity index (χ2v) is 6.50. The summed E-state index contributed by atoms with van der Waals surface area (Å²) < 4.78 is 5.29. The third-order valence-corrected chi connectivity index (χ3v) is 4.86. The molecular formula is C21H20N2O2. The minimum absolute atomic E-state index is 0.0619. The Labute approximate surface area is 146 Å². The number of carbonyl (C=O) groups is 1. The molecule has 1 heterocycles. The first-order valence-corrected chi connectivity index (χ1v) is 8.47. The number of hydrogen-bond acceptors (Lipinski definition) is 3. The number of nitrogens with one attached hydrogen (secondary N) is 1. The summed E-state index contributed by atoms with van der Waals surface area (Å²) in [6, 6.07) is 15.9. The van der Waals surface area contributed by atoms with Crippen molar-refractivity contribution >= 4 is 16.8 Å². The van der Waals surface area contributed by atoms with Crippen molar-refractivity contribution in [1.82, 2.24) is 10.3 Å². The van der Waals surface area contributed by atoms with Gasteiger partial charge in [0, 0.05) is 23.5 Å². The van der Waals surface area contributed by atoms with Gasteiger partial charge in [-0.15, -0.1) is 0 Å².